The zero-order chi connectivity index (χ0) is 11.8. The summed E-state index contributed by atoms with van der Waals surface area (Å²) in [6.45, 7) is 5.33. The van der Waals surface area contributed by atoms with Gasteiger partial charge in [-0.3, -0.25) is 0 Å². The van der Waals surface area contributed by atoms with Crippen LogP contribution in [0.5, 0.6) is 17.2 Å². The van der Waals surface area contributed by atoms with Crippen LogP contribution in [0.15, 0.2) is 18.2 Å². The second kappa shape index (κ2) is 6.95. The van der Waals surface area contributed by atoms with Gasteiger partial charge in [0.2, 0.25) is 0 Å². The number of ether oxygens (including phenoxy) is 4. The van der Waals surface area contributed by atoms with Crippen LogP contribution in [0.4, 0.5) is 0 Å². The first-order valence-electron chi connectivity index (χ1n) is 5.33. The number of methoxy groups -OCH3 is 1. The zero-order valence-electron chi connectivity index (χ0n) is 9.99. The Labute approximate surface area is 96.1 Å². The van der Waals surface area contributed by atoms with Crippen LogP contribution in [0.25, 0.3) is 0 Å². The molecule has 0 aliphatic heterocycles. The molecule has 90 valence electrons. The molecule has 16 heavy (non-hydrogen) atoms. The highest BCUT2D eigenvalue weighted by atomic mass is 16.7. The van der Waals surface area contributed by atoms with E-state index in [2.05, 4.69) is 0 Å². The van der Waals surface area contributed by atoms with E-state index in [9.17, 15) is 0 Å². The van der Waals surface area contributed by atoms with Gasteiger partial charge in [0.25, 0.3) is 0 Å². The summed E-state index contributed by atoms with van der Waals surface area (Å²) in [7, 11) is 1.60. The van der Waals surface area contributed by atoms with E-state index in [1.54, 1.807) is 13.2 Å². The van der Waals surface area contributed by atoms with E-state index in [1.165, 1.54) is 0 Å². The summed E-state index contributed by atoms with van der Waals surface area (Å²) >= 11 is 0. The molecule has 0 unspecified atom stereocenters. The average molecular weight is 226 g/mol. The molecule has 0 fully saturated rings. The molecule has 1 aromatic rings. The predicted molar refractivity (Wildman–Crippen MR) is 61.3 cm³/mol. The largest absolute Gasteiger partial charge is 0.494 e. The molecule has 0 radical (unpaired) electrons. The van der Waals surface area contributed by atoms with E-state index in [1.807, 2.05) is 26.0 Å². The third-order valence-corrected chi connectivity index (χ3v) is 1.95. The molecular formula is C12H18O4. The van der Waals surface area contributed by atoms with Crippen molar-refractivity contribution in [1.82, 2.24) is 0 Å². The standard InChI is InChI=1S/C12H18O4/c1-4-14-9-16-11-7-6-10(15-5-2)8-12(11)13-3/h6-8H,4-5,9H2,1-3H3. The molecule has 0 saturated heterocycles. The van der Waals surface area contributed by atoms with Gasteiger partial charge in [-0.2, -0.15) is 0 Å². The van der Waals surface area contributed by atoms with Crippen LogP contribution >= 0.6 is 0 Å². The molecule has 0 aliphatic rings. The van der Waals surface area contributed by atoms with Gasteiger partial charge in [-0.15, -0.1) is 0 Å². The highest BCUT2D eigenvalue weighted by molar-refractivity contribution is 5.45. The SMILES string of the molecule is CCOCOc1ccc(OCC)cc1OC. The lowest BCUT2D eigenvalue weighted by Crippen LogP contribution is -2.03. The molecule has 0 saturated carbocycles. The van der Waals surface area contributed by atoms with Crippen LogP contribution in [0.2, 0.25) is 0 Å². The van der Waals surface area contributed by atoms with E-state index < -0.39 is 0 Å². The lowest BCUT2D eigenvalue weighted by molar-refractivity contribution is 0.0208. The number of benzene rings is 1. The number of hydrogen-bond donors (Lipinski definition) is 0. The molecule has 0 atom stereocenters. The molecule has 1 aromatic carbocycles. The normalized spacial score (nSPS) is 9.94. The highest BCUT2D eigenvalue weighted by Crippen LogP contribution is 2.31. The third-order valence-electron chi connectivity index (χ3n) is 1.95. The van der Waals surface area contributed by atoms with Gasteiger partial charge in [-0.25, -0.2) is 0 Å². The second-order valence-electron chi connectivity index (χ2n) is 3.00. The van der Waals surface area contributed by atoms with Crippen molar-refractivity contribution in [3.63, 3.8) is 0 Å². The summed E-state index contributed by atoms with van der Waals surface area (Å²) in [5, 5.41) is 0. The van der Waals surface area contributed by atoms with Crippen LogP contribution in [0.3, 0.4) is 0 Å². The maximum atomic E-state index is 5.40. The van der Waals surface area contributed by atoms with Crippen molar-refractivity contribution in [2.24, 2.45) is 0 Å². The minimum Gasteiger partial charge on any atom is -0.494 e. The van der Waals surface area contributed by atoms with Gasteiger partial charge in [0.1, 0.15) is 5.75 Å². The van der Waals surface area contributed by atoms with E-state index in [0.29, 0.717) is 24.7 Å². The quantitative estimate of drug-likeness (QED) is 0.528. The molecule has 1 rings (SSSR count). The highest BCUT2D eigenvalue weighted by Gasteiger charge is 2.05. The summed E-state index contributed by atoms with van der Waals surface area (Å²) in [5.41, 5.74) is 0. The first-order valence-corrected chi connectivity index (χ1v) is 5.33. The van der Waals surface area contributed by atoms with E-state index in [0.717, 1.165) is 5.75 Å². The van der Waals surface area contributed by atoms with Crippen LogP contribution < -0.4 is 14.2 Å². The topological polar surface area (TPSA) is 36.9 Å². The number of hydrogen-bond acceptors (Lipinski definition) is 4. The van der Waals surface area contributed by atoms with Crippen molar-refractivity contribution in [1.29, 1.82) is 0 Å². The van der Waals surface area contributed by atoms with Gasteiger partial charge in [0, 0.05) is 12.7 Å². The Kier molecular flexibility index (Phi) is 5.50. The Morgan fingerprint density at radius 2 is 1.81 bits per heavy atom. The third kappa shape index (κ3) is 3.62. The van der Waals surface area contributed by atoms with Gasteiger partial charge in [0.15, 0.2) is 18.3 Å². The molecule has 4 heteroatoms. The minimum atomic E-state index is 0.223. The molecule has 0 bridgehead atoms. The Morgan fingerprint density at radius 1 is 1.00 bits per heavy atom. The first-order chi connectivity index (χ1) is 7.81. The lowest BCUT2D eigenvalue weighted by Gasteiger charge is -2.12. The number of rotatable bonds is 7. The summed E-state index contributed by atoms with van der Waals surface area (Å²) in [5.74, 6) is 2.06. The van der Waals surface area contributed by atoms with Crippen molar-refractivity contribution in [2.75, 3.05) is 27.1 Å². The van der Waals surface area contributed by atoms with Gasteiger partial charge in [0.05, 0.1) is 13.7 Å². The van der Waals surface area contributed by atoms with Crippen molar-refractivity contribution in [3.05, 3.63) is 18.2 Å². The molecule has 0 spiro atoms. The van der Waals surface area contributed by atoms with Crippen LogP contribution in [0, 0.1) is 0 Å². The van der Waals surface area contributed by atoms with Gasteiger partial charge in [-0.1, -0.05) is 0 Å². The fourth-order valence-electron chi connectivity index (χ4n) is 1.21. The molecular weight excluding hydrogens is 208 g/mol. The molecule has 4 nitrogen and oxygen atoms in total. The lowest BCUT2D eigenvalue weighted by atomic mass is 10.3. The summed E-state index contributed by atoms with van der Waals surface area (Å²) in [6, 6.07) is 5.45. The molecule has 0 aliphatic carbocycles. The molecule has 0 heterocycles. The summed E-state index contributed by atoms with van der Waals surface area (Å²) in [6.07, 6.45) is 0. The van der Waals surface area contributed by atoms with Crippen molar-refractivity contribution in [2.45, 2.75) is 13.8 Å². The van der Waals surface area contributed by atoms with E-state index >= 15 is 0 Å². The maximum Gasteiger partial charge on any atom is 0.189 e. The maximum absolute atomic E-state index is 5.40. The van der Waals surface area contributed by atoms with Crippen LogP contribution in [-0.2, 0) is 4.74 Å². The summed E-state index contributed by atoms with van der Waals surface area (Å²) < 4.78 is 21.1. The molecule has 0 aromatic heterocycles. The zero-order valence-corrected chi connectivity index (χ0v) is 9.99. The smallest absolute Gasteiger partial charge is 0.189 e. The average Bonchev–Trinajstić information content (AvgIpc) is 2.31. The van der Waals surface area contributed by atoms with Crippen molar-refractivity contribution in [3.8, 4) is 17.2 Å². The second-order valence-corrected chi connectivity index (χ2v) is 3.00. The van der Waals surface area contributed by atoms with Crippen LogP contribution in [-0.4, -0.2) is 27.1 Å². The minimum absolute atomic E-state index is 0.223. The molecule has 0 N–H and O–H groups in total. The Bertz CT molecular complexity index is 312. The fraction of sp³-hybridized carbons (Fsp3) is 0.500. The monoisotopic (exact) mass is 226 g/mol. The Hall–Kier alpha value is -1.42. The Balaban J connectivity index is 2.68. The Morgan fingerprint density at radius 3 is 2.44 bits per heavy atom. The van der Waals surface area contributed by atoms with Crippen LogP contribution in [0.1, 0.15) is 13.8 Å². The summed E-state index contributed by atoms with van der Waals surface area (Å²) in [4.78, 5) is 0. The van der Waals surface area contributed by atoms with E-state index in [4.69, 9.17) is 18.9 Å². The first kappa shape index (κ1) is 12.6. The van der Waals surface area contributed by atoms with Gasteiger partial charge < -0.3 is 18.9 Å². The van der Waals surface area contributed by atoms with E-state index in [-0.39, 0.29) is 6.79 Å². The predicted octanol–water partition coefficient (Wildman–Crippen LogP) is 2.47. The molecule has 0 amide bonds. The fourth-order valence-corrected chi connectivity index (χ4v) is 1.21. The van der Waals surface area contributed by atoms with Gasteiger partial charge in [-0.05, 0) is 26.0 Å². The van der Waals surface area contributed by atoms with Gasteiger partial charge >= 0.3 is 0 Å². The van der Waals surface area contributed by atoms with Crippen molar-refractivity contribution >= 4 is 0 Å². The van der Waals surface area contributed by atoms with Crippen molar-refractivity contribution < 1.29 is 18.9 Å².